The summed E-state index contributed by atoms with van der Waals surface area (Å²) in [4.78, 5) is 1.51. The van der Waals surface area contributed by atoms with Gasteiger partial charge in [-0.1, -0.05) is 12.8 Å². The second-order valence-electron chi connectivity index (χ2n) is 4.73. The van der Waals surface area contributed by atoms with E-state index in [0.29, 0.717) is 23.9 Å². The molecule has 0 radical (unpaired) electrons. The monoisotopic (exact) mass is 257 g/mol. The zero-order valence-electron chi connectivity index (χ0n) is 10.2. The topological polar surface area (TPSA) is 64.8 Å². The van der Waals surface area contributed by atoms with Crippen molar-refractivity contribution >= 4 is 9.84 Å². The van der Waals surface area contributed by atoms with E-state index in [0.717, 1.165) is 12.8 Å². The molecule has 5 nitrogen and oxygen atoms in total. The maximum absolute atomic E-state index is 12.0. The van der Waals surface area contributed by atoms with Crippen LogP contribution in [-0.4, -0.2) is 29.2 Å². The van der Waals surface area contributed by atoms with Crippen molar-refractivity contribution in [3.8, 4) is 0 Å². The highest BCUT2D eigenvalue weighted by Crippen LogP contribution is 2.26. The molecule has 0 aliphatic heterocycles. The smallest absolute Gasteiger partial charge is 0.156 e. The average Bonchev–Trinajstić information content (AvgIpc) is 2.88. The highest BCUT2D eigenvalue weighted by Gasteiger charge is 2.23. The molecule has 0 spiro atoms. The molecule has 0 amide bonds. The van der Waals surface area contributed by atoms with Crippen molar-refractivity contribution in [2.45, 2.75) is 44.9 Å². The number of nitrogens with zero attached hydrogens (tertiary/aromatic N) is 3. The van der Waals surface area contributed by atoms with Crippen molar-refractivity contribution in [1.29, 1.82) is 0 Å². The summed E-state index contributed by atoms with van der Waals surface area (Å²) in [6.07, 6.45) is 6.01. The van der Waals surface area contributed by atoms with Crippen LogP contribution in [-0.2, 0) is 22.1 Å². The van der Waals surface area contributed by atoms with Crippen molar-refractivity contribution < 1.29 is 8.42 Å². The van der Waals surface area contributed by atoms with Crippen LogP contribution in [0.1, 0.15) is 38.3 Å². The van der Waals surface area contributed by atoms with Crippen LogP contribution in [0, 0.1) is 5.92 Å². The molecular formula is C11H19N3O2S. The highest BCUT2D eigenvalue weighted by molar-refractivity contribution is 7.90. The van der Waals surface area contributed by atoms with E-state index in [1.54, 1.807) is 6.20 Å². The summed E-state index contributed by atoms with van der Waals surface area (Å²) in [5.41, 5.74) is 0.560. The Hall–Kier alpha value is -0.910. The molecule has 17 heavy (non-hydrogen) atoms. The van der Waals surface area contributed by atoms with Gasteiger partial charge in [-0.15, -0.1) is 0 Å². The highest BCUT2D eigenvalue weighted by atomic mass is 32.2. The van der Waals surface area contributed by atoms with Gasteiger partial charge in [0.2, 0.25) is 0 Å². The van der Waals surface area contributed by atoms with Crippen LogP contribution in [0.25, 0.3) is 0 Å². The lowest BCUT2D eigenvalue weighted by Gasteiger charge is -2.08. The Morgan fingerprint density at radius 3 is 2.71 bits per heavy atom. The van der Waals surface area contributed by atoms with E-state index in [-0.39, 0.29) is 5.75 Å². The molecule has 1 aliphatic carbocycles. The van der Waals surface area contributed by atoms with Gasteiger partial charge in [-0.3, -0.25) is 0 Å². The van der Waals surface area contributed by atoms with Gasteiger partial charge < -0.3 is 0 Å². The number of aryl methyl sites for hydroxylation is 1. The van der Waals surface area contributed by atoms with Crippen molar-refractivity contribution in [1.82, 2.24) is 15.0 Å². The fraction of sp³-hybridized carbons (Fsp3) is 0.818. The van der Waals surface area contributed by atoms with Crippen molar-refractivity contribution in [2.75, 3.05) is 5.75 Å². The fourth-order valence-electron chi connectivity index (χ4n) is 2.37. The average molecular weight is 257 g/mol. The molecule has 1 aromatic heterocycles. The molecule has 0 unspecified atom stereocenters. The van der Waals surface area contributed by atoms with Crippen LogP contribution in [0.2, 0.25) is 0 Å². The Morgan fingerprint density at radius 1 is 1.41 bits per heavy atom. The minimum Gasteiger partial charge on any atom is -0.228 e. The molecule has 1 heterocycles. The van der Waals surface area contributed by atoms with Gasteiger partial charge in [0.1, 0.15) is 0 Å². The lowest BCUT2D eigenvalue weighted by Crippen LogP contribution is -2.16. The molecule has 0 bridgehead atoms. The van der Waals surface area contributed by atoms with Gasteiger partial charge in [0.05, 0.1) is 29.9 Å². The van der Waals surface area contributed by atoms with Gasteiger partial charge >= 0.3 is 0 Å². The molecule has 0 atom stereocenters. The molecule has 1 saturated carbocycles. The molecule has 1 aliphatic rings. The number of rotatable bonds is 5. The molecule has 96 valence electrons. The lowest BCUT2D eigenvalue weighted by atomic mass is 10.1. The summed E-state index contributed by atoms with van der Waals surface area (Å²) < 4.78 is 24.0. The van der Waals surface area contributed by atoms with Crippen LogP contribution in [0.5, 0.6) is 0 Å². The minimum absolute atomic E-state index is 0.0312. The third-order valence-electron chi connectivity index (χ3n) is 3.20. The zero-order chi connectivity index (χ0) is 12.3. The van der Waals surface area contributed by atoms with Gasteiger partial charge in [0.25, 0.3) is 0 Å². The molecule has 6 heteroatoms. The van der Waals surface area contributed by atoms with Crippen molar-refractivity contribution in [3.05, 3.63) is 11.9 Å². The first-order valence-electron chi connectivity index (χ1n) is 6.18. The van der Waals surface area contributed by atoms with Crippen LogP contribution < -0.4 is 0 Å². The lowest BCUT2D eigenvalue weighted by molar-refractivity contribution is 0.553. The number of sulfone groups is 1. The second kappa shape index (κ2) is 5.16. The molecule has 1 aromatic rings. The Kier molecular flexibility index (Phi) is 3.81. The van der Waals surface area contributed by atoms with Gasteiger partial charge in [0, 0.05) is 0 Å². The molecule has 2 rings (SSSR count). The second-order valence-corrected chi connectivity index (χ2v) is 6.84. The van der Waals surface area contributed by atoms with Crippen molar-refractivity contribution in [2.24, 2.45) is 5.92 Å². The molecule has 0 aromatic carbocycles. The Morgan fingerprint density at radius 2 is 2.12 bits per heavy atom. The first-order valence-corrected chi connectivity index (χ1v) is 8.00. The third kappa shape index (κ3) is 3.52. The van der Waals surface area contributed by atoms with Gasteiger partial charge in [0.15, 0.2) is 9.84 Å². The van der Waals surface area contributed by atoms with E-state index >= 15 is 0 Å². The van der Waals surface area contributed by atoms with Crippen LogP contribution >= 0.6 is 0 Å². The van der Waals surface area contributed by atoms with E-state index in [1.165, 1.54) is 17.6 Å². The van der Waals surface area contributed by atoms with Crippen molar-refractivity contribution in [3.63, 3.8) is 0 Å². The molecule has 0 N–H and O–H groups in total. The van der Waals surface area contributed by atoms with Gasteiger partial charge in [-0.2, -0.15) is 15.0 Å². The van der Waals surface area contributed by atoms with Crippen LogP contribution in [0.3, 0.4) is 0 Å². The van der Waals surface area contributed by atoms with Crippen LogP contribution in [0.15, 0.2) is 6.20 Å². The third-order valence-corrected chi connectivity index (χ3v) is 4.91. The van der Waals surface area contributed by atoms with Gasteiger partial charge in [-0.25, -0.2) is 8.42 Å². The number of hydrogen-bond acceptors (Lipinski definition) is 4. The summed E-state index contributed by atoms with van der Waals surface area (Å²) in [6, 6.07) is 0. The number of hydrogen-bond donors (Lipinski definition) is 0. The Bertz CT molecular complexity index is 461. The SMILES string of the molecule is CCn1ncc(CS(=O)(=O)CC2CCCC2)n1. The number of aromatic nitrogens is 3. The predicted octanol–water partition coefficient (Wildman–Crippen LogP) is 1.40. The van der Waals surface area contributed by atoms with E-state index in [4.69, 9.17) is 0 Å². The molecule has 0 saturated heterocycles. The maximum Gasteiger partial charge on any atom is 0.156 e. The molecule has 1 fully saturated rings. The van der Waals surface area contributed by atoms with E-state index in [1.807, 2.05) is 6.92 Å². The fourth-order valence-corrected chi connectivity index (χ4v) is 4.12. The van der Waals surface area contributed by atoms with Crippen LogP contribution in [0.4, 0.5) is 0 Å². The summed E-state index contributed by atoms with van der Waals surface area (Å²) in [5.74, 6) is 0.705. The van der Waals surface area contributed by atoms with E-state index < -0.39 is 9.84 Å². The maximum atomic E-state index is 12.0. The predicted molar refractivity (Wildman–Crippen MR) is 65.1 cm³/mol. The summed E-state index contributed by atoms with van der Waals surface area (Å²) in [6.45, 7) is 2.60. The Labute approximate surface area is 102 Å². The first kappa shape index (κ1) is 12.5. The largest absolute Gasteiger partial charge is 0.228 e. The Balaban J connectivity index is 1.96. The standard InChI is InChI=1S/C11H19N3O2S/c1-2-14-12-7-11(13-14)9-17(15,16)8-10-5-3-4-6-10/h7,10H,2-6,8-9H2,1H3. The van der Waals surface area contributed by atoms with E-state index in [9.17, 15) is 8.42 Å². The summed E-state index contributed by atoms with van der Waals surface area (Å²) in [7, 11) is -3.03. The normalized spacial score (nSPS) is 17.7. The summed E-state index contributed by atoms with van der Waals surface area (Å²) in [5, 5.41) is 8.11. The zero-order valence-corrected chi connectivity index (χ0v) is 11.0. The molecular weight excluding hydrogens is 238 g/mol. The minimum atomic E-state index is -3.03. The van der Waals surface area contributed by atoms with Gasteiger partial charge in [-0.05, 0) is 25.7 Å². The summed E-state index contributed by atoms with van der Waals surface area (Å²) >= 11 is 0. The quantitative estimate of drug-likeness (QED) is 0.800. The van der Waals surface area contributed by atoms with E-state index in [2.05, 4.69) is 10.2 Å². The first-order chi connectivity index (χ1) is 8.09.